The largest absolute Gasteiger partial charge is 0.376 e. The van der Waals surface area contributed by atoms with Crippen molar-refractivity contribution in [3.8, 4) is 0 Å². The molecule has 6 nitrogen and oxygen atoms in total. The van der Waals surface area contributed by atoms with Crippen molar-refractivity contribution in [2.45, 2.75) is 38.5 Å². The van der Waals surface area contributed by atoms with Crippen molar-refractivity contribution in [3.05, 3.63) is 18.5 Å². The van der Waals surface area contributed by atoms with E-state index in [1.165, 1.54) is 0 Å². The molecule has 0 saturated carbocycles. The Kier molecular flexibility index (Phi) is 4.58. The molecule has 18 heavy (non-hydrogen) atoms. The predicted molar refractivity (Wildman–Crippen MR) is 67.2 cm³/mol. The predicted octanol–water partition coefficient (Wildman–Crippen LogP) is 0.750. The van der Waals surface area contributed by atoms with Gasteiger partial charge in [-0.3, -0.25) is 4.68 Å². The highest BCUT2D eigenvalue weighted by Crippen LogP contribution is 2.10. The van der Waals surface area contributed by atoms with Crippen molar-refractivity contribution in [2.75, 3.05) is 13.2 Å². The lowest BCUT2D eigenvalue weighted by Crippen LogP contribution is -2.44. The Morgan fingerprint density at radius 3 is 3.22 bits per heavy atom. The molecule has 1 aliphatic rings. The molecule has 2 amide bonds. The fraction of sp³-hybridized carbons (Fsp3) is 0.667. The van der Waals surface area contributed by atoms with Gasteiger partial charge in [0.15, 0.2) is 0 Å². The topological polar surface area (TPSA) is 68.2 Å². The summed E-state index contributed by atoms with van der Waals surface area (Å²) in [4.78, 5) is 11.6. The Hall–Kier alpha value is -1.56. The number of aromatic nitrogens is 2. The number of rotatable bonds is 5. The van der Waals surface area contributed by atoms with Crippen molar-refractivity contribution in [2.24, 2.45) is 0 Å². The van der Waals surface area contributed by atoms with Gasteiger partial charge in [0.2, 0.25) is 0 Å². The van der Waals surface area contributed by atoms with E-state index in [1.54, 1.807) is 10.9 Å². The van der Waals surface area contributed by atoms with Gasteiger partial charge in [-0.25, -0.2) is 4.79 Å². The maximum Gasteiger partial charge on any atom is 0.315 e. The molecule has 2 rings (SSSR count). The summed E-state index contributed by atoms with van der Waals surface area (Å²) in [6.07, 6.45) is 5.90. The Morgan fingerprint density at radius 1 is 1.67 bits per heavy atom. The molecule has 0 radical (unpaired) electrons. The molecule has 2 N–H and O–H groups in total. The minimum absolute atomic E-state index is 0.0365. The first kappa shape index (κ1) is 12.9. The van der Waals surface area contributed by atoms with Gasteiger partial charge in [0.05, 0.1) is 12.6 Å². The summed E-state index contributed by atoms with van der Waals surface area (Å²) in [7, 11) is 0. The third-order valence-electron chi connectivity index (χ3n) is 2.91. The van der Waals surface area contributed by atoms with E-state index < -0.39 is 0 Å². The Labute approximate surface area is 107 Å². The van der Waals surface area contributed by atoms with Gasteiger partial charge in [0.25, 0.3) is 0 Å². The first-order valence-electron chi connectivity index (χ1n) is 6.37. The minimum atomic E-state index is -0.148. The second kappa shape index (κ2) is 6.39. The van der Waals surface area contributed by atoms with Gasteiger partial charge < -0.3 is 15.4 Å². The highest BCUT2D eigenvalue weighted by atomic mass is 16.5. The zero-order valence-corrected chi connectivity index (χ0v) is 10.6. The van der Waals surface area contributed by atoms with E-state index in [1.807, 2.05) is 19.2 Å². The number of hydrogen-bond donors (Lipinski definition) is 2. The molecule has 1 aliphatic heterocycles. The first-order chi connectivity index (χ1) is 8.74. The second-order valence-corrected chi connectivity index (χ2v) is 4.62. The van der Waals surface area contributed by atoms with E-state index in [0.29, 0.717) is 13.1 Å². The van der Waals surface area contributed by atoms with Crippen LogP contribution in [0.4, 0.5) is 4.79 Å². The van der Waals surface area contributed by atoms with Crippen LogP contribution in [0.1, 0.15) is 19.8 Å². The molecule has 1 fully saturated rings. The van der Waals surface area contributed by atoms with E-state index in [0.717, 1.165) is 19.4 Å². The Balaban J connectivity index is 1.63. The number of nitrogens with one attached hydrogen (secondary N) is 2. The molecule has 0 unspecified atom stereocenters. The summed E-state index contributed by atoms with van der Waals surface area (Å²) in [5.74, 6) is 0. The molecule has 0 aliphatic carbocycles. The molecule has 0 aromatic carbocycles. The highest BCUT2D eigenvalue weighted by molar-refractivity contribution is 5.74. The van der Waals surface area contributed by atoms with E-state index in [-0.39, 0.29) is 18.2 Å². The van der Waals surface area contributed by atoms with E-state index in [9.17, 15) is 4.79 Å². The van der Waals surface area contributed by atoms with Crippen molar-refractivity contribution in [3.63, 3.8) is 0 Å². The summed E-state index contributed by atoms with van der Waals surface area (Å²) in [5.41, 5.74) is 0. The molecule has 1 saturated heterocycles. The SMILES string of the molecule is C[C@@H](Cn1cccn1)NC(=O)NC[C@@H]1CCCO1. The average Bonchev–Trinajstić information content (AvgIpc) is 2.98. The van der Waals surface area contributed by atoms with Gasteiger partial charge in [-0.1, -0.05) is 0 Å². The summed E-state index contributed by atoms with van der Waals surface area (Å²) in [6.45, 7) is 4.01. The molecule has 0 spiro atoms. The molecule has 2 heterocycles. The average molecular weight is 252 g/mol. The minimum Gasteiger partial charge on any atom is -0.376 e. The summed E-state index contributed by atoms with van der Waals surface area (Å²) in [6, 6.07) is 1.75. The maximum atomic E-state index is 11.6. The number of carbonyl (C=O) groups excluding carboxylic acids is 1. The van der Waals surface area contributed by atoms with Gasteiger partial charge in [0.1, 0.15) is 0 Å². The molecule has 100 valence electrons. The van der Waals surface area contributed by atoms with Gasteiger partial charge in [0, 0.05) is 31.6 Å². The van der Waals surface area contributed by atoms with E-state index >= 15 is 0 Å². The van der Waals surface area contributed by atoms with Gasteiger partial charge in [-0.05, 0) is 25.8 Å². The monoisotopic (exact) mass is 252 g/mol. The van der Waals surface area contributed by atoms with Crippen LogP contribution < -0.4 is 10.6 Å². The number of urea groups is 1. The Morgan fingerprint density at radius 2 is 2.56 bits per heavy atom. The molecule has 2 atom stereocenters. The number of nitrogens with zero attached hydrogens (tertiary/aromatic N) is 2. The standard InChI is InChI=1S/C12H20N4O2/c1-10(9-16-6-3-5-14-16)15-12(17)13-8-11-4-2-7-18-11/h3,5-6,10-11H,2,4,7-9H2,1H3,(H2,13,15,17)/t10-,11-/m0/s1. The lowest BCUT2D eigenvalue weighted by Gasteiger charge is -2.16. The number of hydrogen-bond acceptors (Lipinski definition) is 3. The van der Waals surface area contributed by atoms with Crippen molar-refractivity contribution < 1.29 is 9.53 Å². The number of carbonyl (C=O) groups is 1. The second-order valence-electron chi connectivity index (χ2n) is 4.62. The smallest absolute Gasteiger partial charge is 0.315 e. The van der Waals surface area contributed by atoms with Gasteiger partial charge >= 0.3 is 6.03 Å². The molecule has 1 aromatic rings. The van der Waals surface area contributed by atoms with E-state index in [2.05, 4.69) is 15.7 Å². The fourth-order valence-electron chi connectivity index (χ4n) is 2.02. The van der Waals surface area contributed by atoms with Crippen LogP contribution in [-0.4, -0.2) is 41.1 Å². The lowest BCUT2D eigenvalue weighted by atomic mass is 10.2. The Bertz CT molecular complexity index is 360. The van der Waals surface area contributed by atoms with Crippen LogP contribution >= 0.6 is 0 Å². The van der Waals surface area contributed by atoms with Crippen LogP contribution in [0.25, 0.3) is 0 Å². The zero-order valence-electron chi connectivity index (χ0n) is 10.6. The van der Waals surface area contributed by atoms with Crippen molar-refractivity contribution >= 4 is 6.03 Å². The maximum absolute atomic E-state index is 11.6. The third-order valence-corrected chi connectivity index (χ3v) is 2.91. The first-order valence-corrected chi connectivity index (χ1v) is 6.37. The van der Waals surface area contributed by atoms with Gasteiger partial charge in [-0.2, -0.15) is 5.10 Å². The fourth-order valence-corrected chi connectivity index (χ4v) is 2.02. The zero-order chi connectivity index (χ0) is 12.8. The number of amides is 2. The van der Waals surface area contributed by atoms with Crippen LogP contribution in [-0.2, 0) is 11.3 Å². The van der Waals surface area contributed by atoms with Crippen molar-refractivity contribution in [1.29, 1.82) is 0 Å². The van der Waals surface area contributed by atoms with Gasteiger partial charge in [-0.15, -0.1) is 0 Å². The normalized spacial score (nSPS) is 20.6. The summed E-state index contributed by atoms with van der Waals surface area (Å²) < 4.78 is 7.23. The quantitative estimate of drug-likeness (QED) is 0.812. The molecule has 0 bridgehead atoms. The summed E-state index contributed by atoms with van der Waals surface area (Å²) in [5, 5.41) is 9.80. The number of ether oxygens (including phenoxy) is 1. The molecular formula is C12H20N4O2. The highest BCUT2D eigenvalue weighted by Gasteiger charge is 2.16. The van der Waals surface area contributed by atoms with Crippen LogP contribution in [0.5, 0.6) is 0 Å². The molecule has 6 heteroatoms. The lowest BCUT2D eigenvalue weighted by molar-refractivity contribution is 0.111. The van der Waals surface area contributed by atoms with Crippen LogP contribution in [0, 0.1) is 0 Å². The van der Waals surface area contributed by atoms with Crippen LogP contribution in [0.3, 0.4) is 0 Å². The third kappa shape index (κ3) is 4.03. The van der Waals surface area contributed by atoms with Crippen LogP contribution in [0.2, 0.25) is 0 Å². The summed E-state index contributed by atoms with van der Waals surface area (Å²) >= 11 is 0. The molecular weight excluding hydrogens is 232 g/mol. The van der Waals surface area contributed by atoms with Crippen LogP contribution in [0.15, 0.2) is 18.5 Å². The van der Waals surface area contributed by atoms with E-state index in [4.69, 9.17) is 4.74 Å². The van der Waals surface area contributed by atoms with Crippen molar-refractivity contribution in [1.82, 2.24) is 20.4 Å². The molecule has 1 aromatic heterocycles.